The van der Waals surface area contributed by atoms with Gasteiger partial charge in [0, 0.05) is 6.54 Å². The molecule has 0 aromatic rings. The number of hydrogen-bond donors (Lipinski definition) is 2. The number of rotatable bonds is 11. The highest BCUT2D eigenvalue weighted by Crippen LogP contribution is 2.40. The first kappa shape index (κ1) is 16.4. The lowest BCUT2D eigenvalue weighted by molar-refractivity contribution is -0.126. The molecule has 1 saturated carbocycles. The second kappa shape index (κ2) is 7.85. The highest BCUT2D eigenvalue weighted by Gasteiger charge is 2.50. The summed E-state index contributed by atoms with van der Waals surface area (Å²) >= 11 is 0. The van der Waals surface area contributed by atoms with Gasteiger partial charge < -0.3 is 16.0 Å². The third kappa shape index (κ3) is 4.46. The maximum absolute atomic E-state index is 12.1. The van der Waals surface area contributed by atoms with Gasteiger partial charge in [-0.2, -0.15) is 0 Å². The minimum atomic E-state index is -0.500. The topological polar surface area (TPSA) is 58.4 Å². The van der Waals surface area contributed by atoms with Crippen LogP contribution in [0.3, 0.4) is 0 Å². The van der Waals surface area contributed by atoms with Gasteiger partial charge in [0.2, 0.25) is 5.91 Å². The van der Waals surface area contributed by atoms with Crippen molar-refractivity contribution in [3.63, 3.8) is 0 Å². The summed E-state index contributed by atoms with van der Waals surface area (Å²) in [5.41, 5.74) is 5.26. The second-order valence-corrected chi connectivity index (χ2v) is 5.76. The van der Waals surface area contributed by atoms with E-state index in [-0.39, 0.29) is 5.91 Å². The predicted octanol–water partition coefficient (Wildman–Crippen LogP) is 1.74. The van der Waals surface area contributed by atoms with Crippen LogP contribution >= 0.6 is 0 Å². The van der Waals surface area contributed by atoms with Crippen LogP contribution in [0.15, 0.2) is 0 Å². The Labute approximate surface area is 118 Å². The molecule has 0 bridgehead atoms. The van der Waals surface area contributed by atoms with Gasteiger partial charge in [-0.05, 0) is 51.2 Å². The molecule has 0 aliphatic heterocycles. The lowest BCUT2D eigenvalue weighted by Crippen LogP contribution is -2.63. The van der Waals surface area contributed by atoms with Crippen LogP contribution in [0.4, 0.5) is 0 Å². The maximum Gasteiger partial charge on any atom is 0.239 e. The summed E-state index contributed by atoms with van der Waals surface area (Å²) in [5, 5.41) is 3.47. The third-order valence-corrected chi connectivity index (χ3v) is 4.15. The average molecular weight is 269 g/mol. The Morgan fingerprint density at radius 2 is 2.00 bits per heavy atom. The lowest BCUT2D eigenvalue weighted by Gasteiger charge is -2.37. The summed E-state index contributed by atoms with van der Waals surface area (Å²) in [5.74, 6) is 0.269. The first-order valence-corrected chi connectivity index (χ1v) is 7.88. The van der Waals surface area contributed by atoms with Crippen LogP contribution in [0.5, 0.6) is 0 Å². The Morgan fingerprint density at radius 1 is 1.32 bits per heavy atom. The van der Waals surface area contributed by atoms with E-state index in [1.807, 2.05) is 0 Å². The highest BCUT2D eigenvalue weighted by molar-refractivity contribution is 5.86. The van der Waals surface area contributed by atoms with Crippen molar-refractivity contribution in [1.29, 1.82) is 0 Å². The summed E-state index contributed by atoms with van der Waals surface area (Å²) in [6.07, 6.45) is 5.66. The van der Waals surface area contributed by atoms with Gasteiger partial charge in [-0.1, -0.05) is 27.2 Å². The molecule has 1 aliphatic carbocycles. The first-order valence-electron chi connectivity index (χ1n) is 7.88. The molecule has 0 aromatic heterocycles. The fourth-order valence-electron chi connectivity index (χ4n) is 2.70. The molecule has 112 valence electrons. The van der Waals surface area contributed by atoms with Crippen LogP contribution < -0.4 is 11.1 Å². The molecule has 1 aliphatic rings. The van der Waals surface area contributed by atoms with E-state index in [0.29, 0.717) is 5.92 Å². The molecule has 4 nitrogen and oxygen atoms in total. The van der Waals surface area contributed by atoms with Gasteiger partial charge in [-0.15, -0.1) is 0 Å². The summed E-state index contributed by atoms with van der Waals surface area (Å²) in [4.78, 5) is 14.4. The molecule has 1 unspecified atom stereocenters. The van der Waals surface area contributed by atoms with Gasteiger partial charge in [0.05, 0.1) is 0 Å². The van der Waals surface area contributed by atoms with E-state index in [1.165, 1.54) is 12.8 Å². The van der Waals surface area contributed by atoms with E-state index in [0.717, 1.165) is 45.4 Å². The zero-order valence-corrected chi connectivity index (χ0v) is 12.9. The van der Waals surface area contributed by atoms with Gasteiger partial charge in [0.25, 0.3) is 0 Å². The van der Waals surface area contributed by atoms with Crippen LogP contribution in [0.1, 0.15) is 52.9 Å². The molecule has 1 fully saturated rings. The molecule has 1 rings (SSSR count). The molecule has 0 spiro atoms. The number of amides is 1. The minimum Gasteiger partial charge on any atom is -0.368 e. The predicted molar refractivity (Wildman–Crippen MR) is 80.0 cm³/mol. The van der Waals surface area contributed by atoms with Gasteiger partial charge >= 0.3 is 0 Å². The number of nitrogens with two attached hydrogens (primary N) is 1. The van der Waals surface area contributed by atoms with Crippen LogP contribution in [0.2, 0.25) is 0 Å². The van der Waals surface area contributed by atoms with E-state index in [2.05, 4.69) is 31.0 Å². The van der Waals surface area contributed by atoms with E-state index in [4.69, 9.17) is 5.73 Å². The van der Waals surface area contributed by atoms with Crippen molar-refractivity contribution in [2.45, 2.75) is 58.4 Å². The van der Waals surface area contributed by atoms with Crippen LogP contribution in [-0.2, 0) is 4.79 Å². The zero-order valence-electron chi connectivity index (χ0n) is 12.9. The highest BCUT2D eigenvalue weighted by atomic mass is 16.1. The molecule has 19 heavy (non-hydrogen) atoms. The number of unbranched alkanes of at least 4 members (excludes halogenated alkanes) is 1. The van der Waals surface area contributed by atoms with E-state index < -0.39 is 5.54 Å². The standard InChI is InChI=1S/C15H31N3O/c1-4-7-11-18(6-3)12-15(14(16)19,13-8-9-13)17-10-5-2/h13,17H,4-12H2,1-3H3,(H2,16,19). The fourth-order valence-corrected chi connectivity index (χ4v) is 2.70. The molecule has 1 atom stereocenters. The van der Waals surface area contributed by atoms with E-state index in [9.17, 15) is 4.79 Å². The van der Waals surface area contributed by atoms with Crippen molar-refractivity contribution in [2.24, 2.45) is 11.7 Å². The number of primary amides is 1. The van der Waals surface area contributed by atoms with Crippen molar-refractivity contribution in [1.82, 2.24) is 10.2 Å². The van der Waals surface area contributed by atoms with Crippen molar-refractivity contribution < 1.29 is 4.79 Å². The Hall–Kier alpha value is -0.610. The molecule has 0 heterocycles. The van der Waals surface area contributed by atoms with Crippen molar-refractivity contribution in [2.75, 3.05) is 26.2 Å². The van der Waals surface area contributed by atoms with E-state index >= 15 is 0 Å². The number of carbonyl (C=O) groups excluding carboxylic acids is 1. The number of nitrogens with one attached hydrogen (secondary N) is 1. The monoisotopic (exact) mass is 269 g/mol. The summed E-state index contributed by atoms with van der Waals surface area (Å²) in [6, 6.07) is 0. The zero-order chi connectivity index (χ0) is 14.3. The molecule has 0 aromatic carbocycles. The molecule has 0 radical (unpaired) electrons. The fraction of sp³-hybridized carbons (Fsp3) is 0.933. The Kier molecular flexibility index (Phi) is 6.80. The summed E-state index contributed by atoms with van der Waals surface area (Å²) < 4.78 is 0. The van der Waals surface area contributed by atoms with Crippen LogP contribution in [0, 0.1) is 5.92 Å². The average Bonchev–Trinajstić information content (AvgIpc) is 3.22. The molecule has 0 saturated heterocycles. The SMILES string of the molecule is CCCCN(CC)CC(NCCC)(C(N)=O)C1CC1. The van der Waals surface area contributed by atoms with E-state index in [1.54, 1.807) is 0 Å². The Morgan fingerprint density at radius 3 is 2.42 bits per heavy atom. The molecule has 1 amide bonds. The summed E-state index contributed by atoms with van der Waals surface area (Å²) in [7, 11) is 0. The number of nitrogens with zero attached hydrogens (tertiary/aromatic N) is 1. The normalized spacial score (nSPS) is 18.5. The largest absolute Gasteiger partial charge is 0.368 e. The third-order valence-electron chi connectivity index (χ3n) is 4.15. The molecule has 4 heteroatoms. The smallest absolute Gasteiger partial charge is 0.239 e. The number of hydrogen-bond acceptors (Lipinski definition) is 3. The Balaban J connectivity index is 2.73. The maximum atomic E-state index is 12.1. The Bertz CT molecular complexity index is 279. The quantitative estimate of drug-likeness (QED) is 0.601. The van der Waals surface area contributed by atoms with Gasteiger partial charge in [-0.3, -0.25) is 4.79 Å². The van der Waals surface area contributed by atoms with Crippen LogP contribution in [-0.4, -0.2) is 42.5 Å². The second-order valence-electron chi connectivity index (χ2n) is 5.76. The first-order chi connectivity index (χ1) is 9.10. The lowest BCUT2D eigenvalue weighted by atomic mass is 9.90. The van der Waals surface area contributed by atoms with Crippen molar-refractivity contribution >= 4 is 5.91 Å². The van der Waals surface area contributed by atoms with Gasteiger partial charge in [0.15, 0.2) is 0 Å². The number of likely N-dealkylation sites (N-methyl/N-ethyl adjacent to an activating group) is 1. The van der Waals surface area contributed by atoms with Gasteiger partial charge in [-0.25, -0.2) is 0 Å². The minimum absolute atomic E-state index is 0.168. The number of carbonyl (C=O) groups is 1. The molecule has 3 N–H and O–H groups in total. The van der Waals surface area contributed by atoms with Crippen molar-refractivity contribution in [3.05, 3.63) is 0 Å². The van der Waals surface area contributed by atoms with Gasteiger partial charge in [0.1, 0.15) is 5.54 Å². The van der Waals surface area contributed by atoms with Crippen molar-refractivity contribution in [3.8, 4) is 0 Å². The van der Waals surface area contributed by atoms with Crippen LogP contribution in [0.25, 0.3) is 0 Å². The molecular formula is C15H31N3O. The molecular weight excluding hydrogens is 238 g/mol. The summed E-state index contributed by atoms with van der Waals surface area (Å²) in [6.45, 7) is 10.2.